The lowest BCUT2D eigenvalue weighted by Gasteiger charge is -2.36. The van der Waals surface area contributed by atoms with Gasteiger partial charge in [-0.05, 0) is 43.2 Å². The van der Waals surface area contributed by atoms with E-state index >= 15 is 0 Å². The lowest BCUT2D eigenvalue weighted by molar-refractivity contribution is -0.124. The highest BCUT2D eigenvalue weighted by Crippen LogP contribution is 2.24. The van der Waals surface area contributed by atoms with E-state index in [1.807, 2.05) is 30.3 Å². The van der Waals surface area contributed by atoms with Crippen LogP contribution in [-0.2, 0) is 4.79 Å². The van der Waals surface area contributed by atoms with E-state index < -0.39 is 12.1 Å². The molecule has 1 atom stereocenters. The Labute approximate surface area is 157 Å². The van der Waals surface area contributed by atoms with Gasteiger partial charge in [-0.25, -0.2) is 4.79 Å². The lowest BCUT2D eigenvalue weighted by atomic mass is 10.0. The molecule has 0 radical (unpaired) electrons. The van der Waals surface area contributed by atoms with Crippen LogP contribution in [0.1, 0.15) is 23.2 Å². The number of nitrogens with one attached hydrogen (secondary N) is 1. The van der Waals surface area contributed by atoms with Gasteiger partial charge in [0.15, 0.2) is 0 Å². The van der Waals surface area contributed by atoms with Gasteiger partial charge in [0.05, 0.1) is 0 Å². The Hall–Kier alpha value is -3.35. The van der Waals surface area contributed by atoms with E-state index in [1.165, 1.54) is 4.90 Å². The van der Waals surface area contributed by atoms with Crippen LogP contribution in [0.15, 0.2) is 54.6 Å². The van der Waals surface area contributed by atoms with E-state index in [0.29, 0.717) is 24.2 Å². The van der Waals surface area contributed by atoms with Crippen LogP contribution < -0.4 is 16.0 Å². The largest absolute Gasteiger partial charge is 0.351 e. The maximum absolute atomic E-state index is 13.0. The Morgan fingerprint density at radius 1 is 1.15 bits per heavy atom. The molecule has 3 rings (SSSR count). The molecule has 0 aromatic heterocycles. The number of hydrogen-bond donors (Lipinski definition) is 2. The smallest absolute Gasteiger partial charge is 0.316 e. The molecule has 4 amide bonds. The van der Waals surface area contributed by atoms with Gasteiger partial charge in [-0.1, -0.05) is 24.3 Å². The van der Waals surface area contributed by atoms with Crippen LogP contribution in [0.3, 0.4) is 0 Å². The van der Waals surface area contributed by atoms with Crippen LogP contribution in [0.25, 0.3) is 0 Å². The first-order valence-electron chi connectivity index (χ1n) is 8.77. The number of carbonyl (C=O) groups is 3. The minimum atomic E-state index is -0.700. The number of hydrogen-bond acceptors (Lipinski definition) is 3. The van der Waals surface area contributed by atoms with Gasteiger partial charge in [-0.3, -0.25) is 9.59 Å². The number of urea groups is 1. The predicted octanol–water partition coefficient (Wildman–Crippen LogP) is 2.44. The van der Waals surface area contributed by atoms with Crippen molar-refractivity contribution in [3.05, 3.63) is 60.2 Å². The topological polar surface area (TPSA) is 95.7 Å². The van der Waals surface area contributed by atoms with E-state index in [1.54, 1.807) is 36.2 Å². The molecule has 0 aliphatic carbocycles. The van der Waals surface area contributed by atoms with E-state index in [-0.39, 0.29) is 11.8 Å². The highest BCUT2D eigenvalue weighted by Gasteiger charge is 2.34. The summed E-state index contributed by atoms with van der Waals surface area (Å²) in [6.07, 6.45) is 1.43. The van der Waals surface area contributed by atoms with Crippen molar-refractivity contribution in [2.45, 2.75) is 18.9 Å². The Kier molecular flexibility index (Phi) is 5.40. The molecule has 2 aromatic carbocycles. The first-order valence-corrected chi connectivity index (χ1v) is 8.77. The molecule has 1 aliphatic heterocycles. The number of likely N-dealkylation sites (N-methyl/N-ethyl adjacent to an activating group) is 1. The summed E-state index contributed by atoms with van der Waals surface area (Å²) < 4.78 is 0. The van der Waals surface area contributed by atoms with Gasteiger partial charge in [0.25, 0.3) is 5.91 Å². The number of rotatable bonds is 4. The van der Waals surface area contributed by atoms with Gasteiger partial charge in [0.2, 0.25) is 5.91 Å². The number of anilines is 2. The summed E-state index contributed by atoms with van der Waals surface area (Å²) in [6, 6.07) is 14.7. The standard InChI is InChI=1S/C20H22N4O3/c1-23(18(25)14-7-5-8-15(13-14)22-20(21)27)17-11-6-12-24(19(17)26)16-9-3-2-4-10-16/h2-5,7-10,13,17H,6,11-12H2,1H3,(H3,21,22,27). The number of amides is 4. The number of nitrogens with two attached hydrogens (primary N) is 1. The quantitative estimate of drug-likeness (QED) is 0.870. The fourth-order valence-electron chi connectivity index (χ4n) is 3.30. The highest BCUT2D eigenvalue weighted by atomic mass is 16.2. The molecule has 1 heterocycles. The third kappa shape index (κ3) is 4.08. The monoisotopic (exact) mass is 366 g/mol. The number of nitrogens with zero attached hydrogens (tertiary/aromatic N) is 2. The zero-order chi connectivity index (χ0) is 19.4. The van der Waals surface area contributed by atoms with Crippen LogP contribution >= 0.6 is 0 Å². The van der Waals surface area contributed by atoms with Gasteiger partial charge < -0.3 is 20.9 Å². The molecule has 0 saturated carbocycles. The van der Waals surface area contributed by atoms with E-state index in [0.717, 1.165) is 12.1 Å². The van der Waals surface area contributed by atoms with Crippen molar-refractivity contribution in [1.29, 1.82) is 0 Å². The molecule has 1 fully saturated rings. The van der Waals surface area contributed by atoms with Crippen LogP contribution in [0.5, 0.6) is 0 Å². The number of piperidine rings is 1. The number of carbonyl (C=O) groups excluding carboxylic acids is 3. The zero-order valence-corrected chi connectivity index (χ0v) is 15.1. The number of primary amides is 1. The molecule has 2 aromatic rings. The van der Waals surface area contributed by atoms with Crippen molar-refractivity contribution in [1.82, 2.24) is 4.90 Å². The summed E-state index contributed by atoms with van der Waals surface area (Å²) >= 11 is 0. The molecule has 1 saturated heterocycles. The van der Waals surface area contributed by atoms with Crippen molar-refractivity contribution in [3.8, 4) is 0 Å². The first kappa shape index (κ1) is 18.4. The van der Waals surface area contributed by atoms with Crippen molar-refractivity contribution in [2.75, 3.05) is 23.8 Å². The molecule has 1 aliphatic rings. The van der Waals surface area contributed by atoms with E-state index in [2.05, 4.69) is 5.32 Å². The second-order valence-electron chi connectivity index (χ2n) is 6.47. The van der Waals surface area contributed by atoms with Crippen molar-refractivity contribution in [3.63, 3.8) is 0 Å². The van der Waals surface area contributed by atoms with E-state index in [4.69, 9.17) is 5.73 Å². The molecular formula is C20H22N4O3. The minimum Gasteiger partial charge on any atom is -0.351 e. The van der Waals surface area contributed by atoms with Crippen molar-refractivity contribution in [2.24, 2.45) is 5.73 Å². The second kappa shape index (κ2) is 7.90. The third-order valence-corrected chi connectivity index (χ3v) is 4.64. The molecule has 27 heavy (non-hydrogen) atoms. The fourth-order valence-corrected chi connectivity index (χ4v) is 3.30. The SMILES string of the molecule is CN(C(=O)c1cccc(NC(N)=O)c1)C1CCCN(c2ccccc2)C1=O. The van der Waals surface area contributed by atoms with Crippen molar-refractivity contribution < 1.29 is 14.4 Å². The van der Waals surface area contributed by atoms with Gasteiger partial charge in [-0.2, -0.15) is 0 Å². The van der Waals surface area contributed by atoms with Gasteiger partial charge in [0.1, 0.15) is 6.04 Å². The molecule has 0 bridgehead atoms. The van der Waals surface area contributed by atoms with Crippen LogP contribution in [0.2, 0.25) is 0 Å². The van der Waals surface area contributed by atoms with Gasteiger partial charge in [0, 0.05) is 30.5 Å². The average molecular weight is 366 g/mol. The summed E-state index contributed by atoms with van der Waals surface area (Å²) in [5.74, 6) is -0.369. The van der Waals surface area contributed by atoms with Crippen LogP contribution in [0, 0.1) is 0 Å². The summed E-state index contributed by atoms with van der Waals surface area (Å²) in [6.45, 7) is 0.638. The maximum atomic E-state index is 13.0. The summed E-state index contributed by atoms with van der Waals surface area (Å²) in [5.41, 5.74) is 6.77. The number of para-hydroxylation sites is 1. The number of benzene rings is 2. The zero-order valence-electron chi connectivity index (χ0n) is 15.1. The molecule has 1 unspecified atom stereocenters. The summed E-state index contributed by atoms with van der Waals surface area (Å²) in [7, 11) is 1.63. The molecule has 140 valence electrons. The third-order valence-electron chi connectivity index (χ3n) is 4.64. The molecule has 7 heteroatoms. The van der Waals surface area contributed by atoms with Gasteiger partial charge in [-0.15, -0.1) is 0 Å². The minimum absolute atomic E-state index is 0.0882. The molecule has 0 spiro atoms. The first-order chi connectivity index (χ1) is 13.0. The Balaban J connectivity index is 1.78. The Bertz CT molecular complexity index is 853. The fraction of sp³-hybridized carbons (Fsp3) is 0.250. The predicted molar refractivity (Wildman–Crippen MR) is 104 cm³/mol. The van der Waals surface area contributed by atoms with Crippen LogP contribution in [-0.4, -0.2) is 42.4 Å². The van der Waals surface area contributed by atoms with Crippen molar-refractivity contribution >= 4 is 29.2 Å². The molecule has 3 N–H and O–H groups in total. The Morgan fingerprint density at radius 3 is 2.59 bits per heavy atom. The normalized spacial score (nSPS) is 16.7. The summed E-state index contributed by atoms with van der Waals surface area (Å²) in [4.78, 5) is 40.1. The lowest BCUT2D eigenvalue weighted by Crippen LogP contribution is -2.53. The van der Waals surface area contributed by atoms with E-state index in [9.17, 15) is 14.4 Å². The highest BCUT2D eigenvalue weighted by molar-refractivity contribution is 6.03. The second-order valence-corrected chi connectivity index (χ2v) is 6.47. The average Bonchev–Trinajstić information content (AvgIpc) is 2.67. The van der Waals surface area contributed by atoms with Crippen LogP contribution in [0.4, 0.5) is 16.2 Å². The molecule has 7 nitrogen and oxygen atoms in total. The van der Waals surface area contributed by atoms with Gasteiger partial charge >= 0.3 is 6.03 Å². The Morgan fingerprint density at radius 2 is 1.89 bits per heavy atom. The summed E-state index contributed by atoms with van der Waals surface area (Å²) in [5, 5.41) is 2.45. The molecular weight excluding hydrogens is 344 g/mol. The maximum Gasteiger partial charge on any atom is 0.316 e.